The third-order valence-corrected chi connectivity index (χ3v) is 6.22. The van der Waals surface area contributed by atoms with E-state index < -0.39 is 0 Å². The van der Waals surface area contributed by atoms with Gasteiger partial charge in [0.05, 0.1) is 5.41 Å². The van der Waals surface area contributed by atoms with Gasteiger partial charge in [0.25, 0.3) is 0 Å². The molecule has 21 heavy (non-hydrogen) atoms. The first kappa shape index (κ1) is 16.8. The van der Waals surface area contributed by atoms with Crippen LogP contribution in [0.15, 0.2) is 0 Å². The molecule has 2 aliphatic rings. The highest BCUT2D eigenvalue weighted by atomic mass is 16.2. The molecule has 2 rings (SSSR count). The van der Waals surface area contributed by atoms with Crippen LogP contribution in [0.1, 0.15) is 72.6 Å². The minimum Gasteiger partial charge on any atom is -0.353 e. The molecular weight excluding hydrogens is 260 g/mol. The number of amides is 1. The summed E-state index contributed by atoms with van der Waals surface area (Å²) in [6, 6.07) is 0.403. The van der Waals surface area contributed by atoms with Crippen molar-refractivity contribution in [2.75, 3.05) is 13.1 Å². The molecule has 1 saturated carbocycles. The molecule has 1 aliphatic carbocycles. The third-order valence-electron chi connectivity index (χ3n) is 6.22. The number of piperidine rings is 1. The predicted octanol–water partition coefficient (Wildman–Crippen LogP) is 3.49. The number of hydrogen-bond acceptors (Lipinski definition) is 2. The highest BCUT2D eigenvalue weighted by Crippen LogP contribution is 2.40. The van der Waals surface area contributed by atoms with Crippen molar-refractivity contribution < 1.29 is 4.79 Å². The number of carbonyl (C=O) groups excluding carboxylic acids is 1. The number of hydrogen-bond donors (Lipinski definition) is 2. The van der Waals surface area contributed by atoms with Gasteiger partial charge in [-0.2, -0.15) is 0 Å². The summed E-state index contributed by atoms with van der Waals surface area (Å²) in [5, 5.41) is 6.71. The van der Waals surface area contributed by atoms with Gasteiger partial charge in [0, 0.05) is 12.6 Å². The Bertz CT molecular complexity index is 350. The quantitative estimate of drug-likeness (QED) is 0.833. The van der Waals surface area contributed by atoms with Crippen molar-refractivity contribution in [1.29, 1.82) is 0 Å². The standard InChI is InChI=1S/C18H34N2O/c1-5-17(2,3)14-7-9-15(10-8-14)20-16(21)18(4)11-6-12-19-13-18/h14-15,19H,5-13H2,1-4H3,(H,20,21). The molecule has 3 heteroatoms. The maximum Gasteiger partial charge on any atom is 0.227 e. The summed E-state index contributed by atoms with van der Waals surface area (Å²) in [6.45, 7) is 11.1. The first-order valence-corrected chi connectivity index (χ1v) is 8.89. The van der Waals surface area contributed by atoms with E-state index in [2.05, 4.69) is 38.3 Å². The Morgan fingerprint density at radius 1 is 1.29 bits per heavy atom. The van der Waals surface area contributed by atoms with Crippen LogP contribution in [-0.2, 0) is 4.79 Å². The fraction of sp³-hybridized carbons (Fsp3) is 0.944. The van der Waals surface area contributed by atoms with E-state index in [1.54, 1.807) is 0 Å². The van der Waals surface area contributed by atoms with E-state index in [9.17, 15) is 4.79 Å². The first-order valence-electron chi connectivity index (χ1n) is 8.89. The van der Waals surface area contributed by atoms with Crippen LogP contribution in [0.5, 0.6) is 0 Å². The molecule has 1 heterocycles. The van der Waals surface area contributed by atoms with Gasteiger partial charge >= 0.3 is 0 Å². The average molecular weight is 294 g/mol. The van der Waals surface area contributed by atoms with Crippen LogP contribution in [0.4, 0.5) is 0 Å². The Kier molecular flexibility index (Phi) is 5.34. The second-order valence-corrected chi connectivity index (χ2v) is 8.21. The van der Waals surface area contributed by atoms with Gasteiger partial charge in [0.2, 0.25) is 5.91 Å². The topological polar surface area (TPSA) is 41.1 Å². The van der Waals surface area contributed by atoms with Crippen molar-refractivity contribution in [2.24, 2.45) is 16.7 Å². The van der Waals surface area contributed by atoms with Crippen LogP contribution >= 0.6 is 0 Å². The van der Waals surface area contributed by atoms with Crippen molar-refractivity contribution >= 4 is 5.91 Å². The van der Waals surface area contributed by atoms with E-state index in [1.807, 2.05) is 0 Å². The zero-order valence-corrected chi connectivity index (χ0v) is 14.4. The van der Waals surface area contributed by atoms with Crippen molar-refractivity contribution in [3.8, 4) is 0 Å². The van der Waals surface area contributed by atoms with E-state index in [4.69, 9.17) is 0 Å². The maximum atomic E-state index is 12.6. The van der Waals surface area contributed by atoms with Gasteiger partial charge in [-0.3, -0.25) is 4.79 Å². The van der Waals surface area contributed by atoms with Crippen LogP contribution in [-0.4, -0.2) is 25.0 Å². The van der Waals surface area contributed by atoms with Gasteiger partial charge in [-0.25, -0.2) is 0 Å². The van der Waals surface area contributed by atoms with Crippen molar-refractivity contribution in [3.63, 3.8) is 0 Å². The Balaban J connectivity index is 1.82. The van der Waals surface area contributed by atoms with E-state index in [-0.39, 0.29) is 11.3 Å². The molecule has 0 bridgehead atoms. The smallest absolute Gasteiger partial charge is 0.227 e. The molecule has 122 valence electrons. The van der Waals surface area contributed by atoms with Gasteiger partial charge in [-0.05, 0) is 63.3 Å². The molecule has 1 unspecified atom stereocenters. The largest absolute Gasteiger partial charge is 0.353 e. The maximum absolute atomic E-state index is 12.6. The minimum absolute atomic E-state index is 0.197. The van der Waals surface area contributed by atoms with Crippen molar-refractivity contribution in [3.05, 3.63) is 0 Å². The van der Waals surface area contributed by atoms with E-state index in [1.165, 1.54) is 19.3 Å². The SMILES string of the molecule is CCC(C)(C)C1CCC(NC(=O)C2(C)CCCNC2)CC1. The van der Waals surface area contributed by atoms with Gasteiger partial charge in [-0.15, -0.1) is 0 Å². The Morgan fingerprint density at radius 3 is 2.48 bits per heavy atom. The summed E-state index contributed by atoms with van der Waals surface area (Å²) >= 11 is 0. The molecule has 1 aliphatic heterocycles. The summed E-state index contributed by atoms with van der Waals surface area (Å²) in [7, 11) is 0. The van der Waals surface area contributed by atoms with Crippen LogP contribution in [0.3, 0.4) is 0 Å². The summed E-state index contributed by atoms with van der Waals surface area (Å²) in [6.07, 6.45) is 8.22. The molecule has 1 amide bonds. The lowest BCUT2D eigenvalue weighted by Crippen LogP contribution is -2.52. The molecular formula is C18H34N2O. The molecule has 2 N–H and O–H groups in total. The van der Waals surface area contributed by atoms with E-state index >= 15 is 0 Å². The zero-order valence-electron chi connectivity index (χ0n) is 14.4. The van der Waals surface area contributed by atoms with Crippen molar-refractivity contribution in [1.82, 2.24) is 10.6 Å². The lowest BCUT2D eigenvalue weighted by atomic mass is 9.69. The molecule has 1 saturated heterocycles. The Labute approximate surface area is 130 Å². The highest BCUT2D eigenvalue weighted by molar-refractivity contribution is 5.82. The third kappa shape index (κ3) is 4.00. The van der Waals surface area contributed by atoms with Crippen LogP contribution in [0.2, 0.25) is 0 Å². The van der Waals surface area contributed by atoms with Crippen molar-refractivity contribution in [2.45, 2.75) is 78.7 Å². The number of carbonyl (C=O) groups is 1. The average Bonchev–Trinajstić information content (AvgIpc) is 2.48. The van der Waals surface area contributed by atoms with Gasteiger partial charge in [0.15, 0.2) is 0 Å². The molecule has 0 aromatic heterocycles. The van der Waals surface area contributed by atoms with E-state index in [0.717, 1.165) is 44.7 Å². The van der Waals surface area contributed by atoms with Crippen LogP contribution < -0.4 is 10.6 Å². The summed E-state index contributed by atoms with van der Waals surface area (Å²) in [4.78, 5) is 12.6. The fourth-order valence-corrected chi connectivity index (χ4v) is 3.92. The minimum atomic E-state index is -0.197. The molecule has 0 spiro atoms. The fourth-order valence-electron chi connectivity index (χ4n) is 3.92. The number of nitrogens with one attached hydrogen (secondary N) is 2. The van der Waals surface area contributed by atoms with Crippen LogP contribution in [0.25, 0.3) is 0 Å². The predicted molar refractivity (Wildman–Crippen MR) is 88.2 cm³/mol. The normalized spacial score (nSPS) is 34.5. The molecule has 0 aromatic carbocycles. The molecule has 1 atom stereocenters. The summed E-state index contributed by atoms with van der Waals surface area (Å²) in [5.41, 5.74) is 0.256. The first-order chi connectivity index (χ1) is 9.87. The Morgan fingerprint density at radius 2 is 1.95 bits per heavy atom. The highest BCUT2D eigenvalue weighted by Gasteiger charge is 2.37. The second-order valence-electron chi connectivity index (χ2n) is 8.21. The Hall–Kier alpha value is -0.570. The van der Waals surface area contributed by atoms with Gasteiger partial charge in [0.1, 0.15) is 0 Å². The second kappa shape index (κ2) is 6.68. The number of rotatable bonds is 4. The monoisotopic (exact) mass is 294 g/mol. The molecule has 0 radical (unpaired) electrons. The molecule has 2 fully saturated rings. The van der Waals surface area contributed by atoms with Gasteiger partial charge < -0.3 is 10.6 Å². The summed E-state index contributed by atoms with van der Waals surface area (Å²) in [5.74, 6) is 1.09. The van der Waals surface area contributed by atoms with Gasteiger partial charge in [-0.1, -0.05) is 27.2 Å². The molecule has 3 nitrogen and oxygen atoms in total. The van der Waals surface area contributed by atoms with Crippen LogP contribution in [0, 0.1) is 16.7 Å². The summed E-state index contributed by atoms with van der Waals surface area (Å²) < 4.78 is 0. The van der Waals surface area contributed by atoms with E-state index in [0.29, 0.717) is 11.5 Å². The lowest BCUT2D eigenvalue weighted by Gasteiger charge is -2.40. The molecule has 0 aromatic rings. The lowest BCUT2D eigenvalue weighted by molar-refractivity contribution is -0.132. The zero-order chi connectivity index (χ0) is 15.5.